The second-order valence-electron chi connectivity index (χ2n) is 8.76. The number of benzene rings is 2. The van der Waals surface area contributed by atoms with Crippen molar-refractivity contribution in [2.75, 3.05) is 32.9 Å². The number of carbonyl (C=O) groups excluding carboxylic acids is 1. The van der Waals surface area contributed by atoms with Crippen LogP contribution in [0.15, 0.2) is 59.5 Å². The van der Waals surface area contributed by atoms with Crippen LogP contribution >= 0.6 is 11.3 Å². The van der Waals surface area contributed by atoms with E-state index in [9.17, 15) is 18.4 Å². The normalized spacial score (nSPS) is 14.2. The van der Waals surface area contributed by atoms with E-state index < -0.39 is 23.0 Å². The molecule has 6 nitrogen and oxygen atoms in total. The van der Waals surface area contributed by atoms with Crippen molar-refractivity contribution < 1.29 is 23.0 Å². The summed E-state index contributed by atoms with van der Waals surface area (Å²) < 4.78 is 41.5. The highest BCUT2D eigenvalue weighted by Crippen LogP contribution is 2.39. The second-order valence-corrected chi connectivity index (χ2v) is 9.76. The number of thiophene rings is 1. The number of morpholine rings is 1. The maximum Gasteiger partial charge on any atom is 0.343 e. The number of rotatable bonds is 7. The van der Waals surface area contributed by atoms with Crippen molar-refractivity contribution >= 4 is 27.5 Å². The molecule has 0 radical (unpaired) electrons. The summed E-state index contributed by atoms with van der Waals surface area (Å²) in [6.07, 6.45) is 1.36. The zero-order chi connectivity index (χ0) is 25.9. The lowest BCUT2D eigenvalue weighted by Gasteiger charge is -2.26. The van der Waals surface area contributed by atoms with Gasteiger partial charge in [0.05, 0.1) is 31.8 Å². The van der Waals surface area contributed by atoms with Crippen molar-refractivity contribution in [3.63, 3.8) is 0 Å². The molecule has 4 aromatic rings. The second kappa shape index (κ2) is 10.9. The molecule has 0 unspecified atom stereocenters. The van der Waals surface area contributed by atoms with Crippen LogP contribution in [0.1, 0.15) is 28.4 Å². The zero-order valence-electron chi connectivity index (χ0n) is 20.3. The predicted octanol–water partition coefficient (Wildman–Crippen LogP) is 5.07. The molecule has 0 bridgehead atoms. The minimum absolute atomic E-state index is 0.0950. The smallest absolute Gasteiger partial charge is 0.343 e. The van der Waals surface area contributed by atoms with E-state index in [-0.39, 0.29) is 24.3 Å². The van der Waals surface area contributed by atoms with Crippen LogP contribution in [-0.2, 0) is 22.6 Å². The molecule has 2 aromatic heterocycles. The van der Waals surface area contributed by atoms with Crippen LogP contribution in [0.2, 0.25) is 0 Å². The molecule has 9 heteroatoms. The van der Waals surface area contributed by atoms with Crippen LogP contribution in [0, 0.1) is 11.6 Å². The largest absolute Gasteiger partial charge is 0.462 e. The quantitative estimate of drug-likeness (QED) is 0.316. The first-order valence-electron chi connectivity index (χ1n) is 12.1. The number of ether oxygens (including phenoxy) is 2. The van der Waals surface area contributed by atoms with Gasteiger partial charge < -0.3 is 14.0 Å². The van der Waals surface area contributed by atoms with Crippen molar-refractivity contribution in [2.24, 2.45) is 0 Å². The Hall–Kier alpha value is -3.40. The van der Waals surface area contributed by atoms with E-state index in [0.29, 0.717) is 43.1 Å². The van der Waals surface area contributed by atoms with Crippen LogP contribution in [0.25, 0.3) is 20.7 Å². The average Bonchev–Trinajstić information content (AvgIpc) is 3.28. The summed E-state index contributed by atoms with van der Waals surface area (Å²) in [6.45, 7) is 4.64. The summed E-state index contributed by atoms with van der Waals surface area (Å²) in [4.78, 5) is 30.2. The standard InChI is InChI=1S/C28H26F2N2O4S/c1-2-36-28(34)21-17-32(16-19-22(29)9-6-10-23(19)30)27-24(25(21)33)20(15-31-11-13-35-14-12-31)26(37-27)18-7-4-3-5-8-18/h3-10,17H,2,11-16H2,1H3. The zero-order valence-corrected chi connectivity index (χ0v) is 21.2. The molecule has 192 valence electrons. The number of hydrogen-bond donors (Lipinski definition) is 0. The minimum atomic E-state index is -0.762. The third-order valence-corrected chi connectivity index (χ3v) is 7.73. The summed E-state index contributed by atoms with van der Waals surface area (Å²) >= 11 is 1.38. The van der Waals surface area contributed by atoms with Gasteiger partial charge in [0.2, 0.25) is 5.43 Å². The van der Waals surface area contributed by atoms with Gasteiger partial charge in [-0.1, -0.05) is 36.4 Å². The van der Waals surface area contributed by atoms with Crippen LogP contribution in [0.3, 0.4) is 0 Å². The number of hydrogen-bond acceptors (Lipinski definition) is 6. The van der Waals surface area contributed by atoms with Crippen molar-refractivity contribution in [3.05, 3.63) is 93.3 Å². The van der Waals surface area contributed by atoms with Crippen LogP contribution in [0.5, 0.6) is 0 Å². The topological polar surface area (TPSA) is 60.8 Å². The first kappa shape index (κ1) is 25.3. The van der Waals surface area contributed by atoms with Crippen LogP contribution in [0.4, 0.5) is 8.78 Å². The van der Waals surface area contributed by atoms with E-state index in [0.717, 1.165) is 16.0 Å². The van der Waals surface area contributed by atoms with E-state index in [1.54, 1.807) is 11.5 Å². The maximum absolute atomic E-state index is 14.6. The van der Waals surface area contributed by atoms with Gasteiger partial charge in [-0.3, -0.25) is 9.69 Å². The fraction of sp³-hybridized carbons (Fsp3) is 0.286. The van der Waals surface area contributed by atoms with Gasteiger partial charge >= 0.3 is 5.97 Å². The Labute approximate surface area is 216 Å². The first-order chi connectivity index (χ1) is 18.0. The molecular weight excluding hydrogens is 498 g/mol. The van der Waals surface area contributed by atoms with Gasteiger partial charge in [0.15, 0.2) is 0 Å². The van der Waals surface area contributed by atoms with E-state index in [4.69, 9.17) is 9.47 Å². The van der Waals surface area contributed by atoms with E-state index in [2.05, 4.69) is 4.90 Å². The third-order valence-electron chi connectivity index (χ3n) is 6.41. The first-order valence-corrected chi connectivity index (χ1v) is 12.9. The van der Waals surface area contributed by atoms with Crippen molar-refractivity contribution in [2.45, 2.75) is 20.0 Å². The number of aromatic nitrogens is 1. The molecule has 0 aliphatic carbocycles. The Morgan fingerprint density at radius 1 is 1.00 bits per heavy atom. The number of nitrogens with zero attached hydrogens (tertiary/aromatic N) is 2. The third kappa shape index (κ3) is 5.07. The van der Waals surface area contributed by atoms with E-state index >= 15 is 0 Å². The minimum Gasteiger partial charge on any atom is -0.462 e. The highest BCUT2D eigenvalue weighted by Gasteiger charge is 2.26. The molecule has 37 heavy (non-hydrogen) atoms. The summed E-state index contributed by atoms with van der Waals surface area (Å²) in [5.74, 6) is -2.15. The molecule has 2 aromatic carbocycles. The Morgan fingerprint density at radius 3 is 2.38 bits per heavy atom. The van der Waals surface area contributed by atoms with Gasteiger partial charge in [-0.05, 0) is 30.2 Å². The number of pyridine rings is 1. The Balaban J connectivity index is 1.77. The highest BCUT2D eigenvalue weighted by atomic mass is 32.1. The number of fused-ring (bicyclic) bond motifs is 1. The predicted molar refractivity (Wildman–Crippen MR) is 139 cm³/mol. The molecule has 0 saturated carbocycles. The van der Waals surface area contributed by atoms with Crippen LogP contribution in [-0.4, -0.2) is 48.3 Å². The lowest BCUT2D eigenvalue weighted by molar-refractivity contribution is 0.0344. The van der Waals surface area contributed by atoms with Crippen molar-refractivity contribution in [1.29, 1.82) is 0 Å². The summed E-state index contributed by atoms with van der Waals surface area (Å²) in [6, 6.07) is 13.4. The molecule has 1 saturated heterocycles. The molecule has 0 atom stereocenters. The molecule has 1 aliphatic rings. The van der Waals surface area contributed by atoms with Gasteiger partial charge in [-0.15, -0.1) is 11.3 Å². The van der Waals surface area contributed by atoms with E-state index in [1.165, 1.54) is 35.7 Å². The Morgan fingerprint density at radius 2 is 1.70 bits per heavy atom. The van der Waals surface area contributed by atoms with Gasteiger partial charge in [0.1, 0.15) is 22.0 Å². The van der Waals surface area contributed by atoms with Gasteiger partial charge in [-0.2, -0.15) is 0 Å². The number of carbonyl (C=O) groups is 1. The van der Waals surface area contributed by atoms with Gasteiger partial charge in [0, 0.05) is 36.3 Å². The lowest BCUT2D eigenvalue weighted by atomic mass is 10.0. The number of esters is 1. The fourth-order valence-corrected chi connectivity index (χ4v) is 5.87. The summed E-state index contributed by atoms with van der Waals surface area (Å²) in [5.41, 5.74) is 0.957. The lowest BCUT2D eigenvalue weighted by Crippen LogP contribution is -2.36. The fourth-order valence-electron chi connectivity index (χ4n) is 4.58. The molecule has 0 amide bonds. The molecule has 1 fully saturated rings. The van der Waals surface area contributed by atoms with Crippen LogP contribution < -0.4 is 5.43 Å². The Kier molecular flexibility index (Phi) is 7.45. The monoisotopic (exact) mass is 524 g/mol. The summed E-state index contributed by atoms with van der Waals surface area (Å²) in [5, 5.41) is 0.373. The average molecular weight is 525 g/mol. The molecule has 0 N–H and O–H groups in total. The number of halogens is 2. The molecule has 3 heterocycles. The maximum atomic E-state index is 14.6. The Bertz CT molecular complexity index is 1470. The van der Waals surface area contributed by atoms with Gasteiger partial charge in [0.25, 0.3) is 0 Å². The summed E-state index contributed by atoms with van der Waals surface area (Å²) in [7, 11) is 0. The highest BCUT2D eigenvalue weighted by molar-refractivity contribution is 7.22. The molecule has 1 aliphatic heterocycles. The van der Waals surface area contributed by atoms with Gasteiger partial charge in [-0.25, -0.2) is 13.6 Å². The molecule has 0 spiro atoms. The van der Waals surface area contributed by atoms with Crippen molar-refractivity contribution in [3.8, 4) is 10.4 Å². The van der Waals surface area contributed by atoms with E-state index in [1.807, 2.05) is 30.3 Å². The SMILES string of the molecule is CCOC(=O)c1cn(Cc2c(F)cccc2F)c2sc(-c3ccccc3)c(CN3CCOCC3)c2c1=O. The van der Waals surface area contributed by atoms with Crippen molar-refractivity contribution in [1.82, 2.24) is 9.47 Å². The molecular formula is C28H26F2N2O4S. The molecule has 5 rings (SSSR count).